The molecule has 25 heavy (non-hydrogen) atoms. The molecule has 0 amide bonds. The van der Waals surface area contributed by atoms with Gasteiger partial charge in [-0.25, -0.2) is 0 Å². The van der Waals surface area contributed by atoms with Gasteiger partial charge in [-0.15, -0.1) is 0 Å². The van der Waals surface area contributed by atoms with Gasteiger partial charge in [-0.05, 0) is 52.4 Å². The summed E-state index contributed by atoms with van der Waals surface area (Å²) in [5.74, 6) is 0.0544. The summed E-state index contributed by atoms with van der Waals surface area (Å²) in [4.78, 5) is 12.8. The monoisotopic (exact) mass is 346 g/mol. The standard InChI is InChI=1S/C22H15ClO2/c23-17-8-5-13(6-9-17)21-22(25-21)20(24)15-7-10-19-16(12-15)11-14-3-1-2-4-18(14)19/h1-10,12,21-22H,11H2/t21-,22+/m1/s1. The largest absolute Gasteiger partial charge is 0.356 e. The average molecular weight is 347 g/mol. The van der Waals surface area contributed by atoms with Crippen molar-refractivity contribution in [3.63, 3.8) is 0 Å². The summed E-state index contributed by atoms with van der Waals surface area (Å²) in [5.41, 5.74) is 6.78. The normalized spacial score (nSPS) is 20.0. The molecule has 5 rings (SSSR count). The van der Waals surface area contributed by atoms with Gasteiger partial charge in [-0.3, -0.25) is 4.79 Å². The molecular weight excluding hydrogens is 332 g/mol. The summed E-state index contributed by atoms with van der Waals surface area (Å²) in [6, 6.07) is 21.9. The van der Waals surface area contributed by atoms with Crippen LogP contribution in [0.1, 0.15) is 33.2 Å². The number of Topliss-reactive ketones (excluding diaryl/α,β-unsaturated/α-hetero) is 1. The topological polar surface area (TPSA) is 29.6 Å². The highest BCUT2D eigenvalue weighted by Crippen LogP contribution is 2.42. The van der Waals surface area contributed by atoms with Crippen molar-refractivity contribution in [2.75, 3.05) is 0 Å². The lowest BCUT2D eigenvalue weighted by Crippen LogP contribution is -2.08. The Morgan fingerprint density at radius 3 is 2.52 bits per heavy atom. The molecule has 0 aromatic heterocycles. The number of benzene rings is 3. The van der Waals surface area contributed by atoms with E-state index in [1.807, 2.05) is 36.4 Å². The van der Waals surface area contributed by atoms with Gasteiger partial charge in [0, 0.05) is 10.6 Å². The van der Waals surface area contributed by atoms with Crippen LogP contribution in [0.2, 0.25) is 5.02 Å². The minimum Gasteiger partial charge on any atom is -0.356 e. The Hall–Kier alpha value is -2.42. The number of epoxide rings is 1. The molecule has 0 spiro atoms. The molecule has 1 aliphatic heterocycles. The van der Waals surface area contributed by atoms with Gasteiger partial charge in [-0.2, -0.15) is 0 Å². The Morgan fingerprint density at radius 1 is 0.920 bits per heavy atom. The zero-order valence-corrected chi connectivity index (χ0v) is 14.2. The van der Waals surface area contributed by atoms with E-state index in [0.29, 0.717) is 5.02 Å². The van der Waals surface area contributed by atoms with Crippen LogP contribution in [0.25, 0.3) is 11.1 Å². The van der Waals surface area contributed by atoms with Crippen LogP contribution in [0, 0.1) is 0 Å². The van der Waals surface area contributed by atoms with Gasteiger partial charge in [0.2, 0.25) is 0 Å². The minimum absolute atomic E-state index is 0.0544. The third-order valence-electron chi connectivity index (χ3n) is 5.03. The van der Waals surface area contributed by atoms with Crippen molar-refractivity contribution in [3.8, 4) is 11.1 Å². The van der Waals surface area contributed by atoms with Crippen molar-refractivity contribution in [1.82, 2.24) is 0 Å². The fourth-order valence-electron chi connectivity index (χ4n) is 3.68. The van der Waals surface area contributed by atoms with Crippen LogP contribution < -0.4 is 0 Å². The van der Waals surface area contributed by atoms with E-state index in [1.165, 1.54) is 22.3 Å². The molecule has 2 aliphatic rings. The summed E-state index contributed by atoms with van der Waals surface area (Å²) in [7, 11) is 0. The van der Waals surface area contributed by atoms with Gasteiger partial charge in [0.1, 0.15) is 6.10 Å². The number of rotatable bonds is 3. The van der Waals surface area contributed by atoms with E-state index in [9.17, 15) is 4.79 Å². The van der Waals surface area contributed by atoms with E-state index in [2.05, 4.69) is 30.3 Å². The fourth-order valence-corrected chi connectivity index (χ4v) is 3.81. The Morgan fingerprint density at radius 2 is 1.68 bits per heavy atom. The van der Waals surface area contributed by atoms with E-state index in [-0.39, 0.29) is 18.0 Å². The second-order valence-corrected chi connectivity index (χ2v) is 7.04. The second-order valence-electron chi connectivity index (χ2n) is 6.60. The molecule has 0 bridgehead atoms. The van der Waals surface area contributed by atoms with E-state index < -0.39 is 0 Å². The Balaban J connectivity index is 1.39. The molecule has 1 heterocycles. The number of ketones is 1. The first kappa shape index (κ1) is 14.9. The highest BCUT2D eigenvalue weighted by atomic mass is 35.5. The number of fused-ring (bicyclic) bond motifs is 3. The first-order valence-electron chi connectivity index (χ1n) is 8.37. The van der Waals surface area contributed by atoms with Gasteiger partial charge in [-0.1, -0.05) is 60.1 Å². The van der Waals surface area contributed by atoms with Gasteiger partial charge < -0.3 is 4.74 Å². The second kappa shape index (κ2) is 5.55. The predicted molar refractivity (Wildman–Crippen MR) is 98.1 cm³/mol. The Bertz CT molecular complexity index is 991. The first-order chi connectivity index (χ1) is 12.2. The maximum Gasteiger partial charge on any atom is 0.194 e. The first-order valence-corrected chi connectivity index (χ1v) is 8.75. The van der Waals surface area contributed by atoms with Crippen molar-refractivity contribution in [3.05, 3.63) is 94.0 Å². The van der Waals surface area contributed by atoms with Crippen molar-refractivity contribution in [2.24, 2.45) is 0 Å². The smallest absolute Gasteiger partial charge is 0.194 e. The number of halogens is 1. The molecule has 1 aliphatic carbocycles. The molecule has 1 fully saturated rings. The molecule has 122 valence electrons. The average Bonchev–Trinajstić information content (AvgIpc) is 3.35. The molecule has 2 atom stereocenters. The summed E-state index contributed by atoms with van der Waals surface area (Å²) in [5, 5.41) is 0.686. The lowest BCUT2D eigenvalue weighted by Gasteiger charge is -2.04. The van der Waals surface area contributed by atoms with Gasteiger partial charge >= 0.3 is 0 Å². The van der Waals surface area contributed by atoms with Crippen LogP contribution in [-0.4, -0.2) is 11.9 Å². The summed E-state index contributed by atoms with van der Waals surface area (Å²) < 4.78 is 5.65. The van der Waals surface area contributed by atoms with Crippen LogP contribution >= 0.6 is 11.6 Å². The fraction of sp³-hybridized carbons (Fsp3) is 0.136. The van der Waals surface area contributed by atoms with Crippen molar-refractivity contribution < 1.29 is 9.53 Å². The molecule has 0 N–H and O–H groups in total. The predicted octanol–water partition coefficient (Wildman–Crippen LogP) is 5.23. The maximum atomic E-state index is 12.8. The highest BCUT2D eigenvalue weighted by Gasteiger charge is 2.46. The number of hydrogen-bond acceptors (Lipinski definition) is 2. The third kappa shape index (κ3) is 2.50. The molecule has 0 radical (unpaired) electrons. The summed E-state index contributed by atoms with van der Waals surface area (Å²) >= 11 is 5.92. The molecule has 3 heteroatoms. The zero-order valence-electron chi connectivity index (χ0n) is 13.4. The highest BCUT2D eigenvalue weighted by molar-refractivity contribution is 6.30. The zero-order chi connectivity index (χ0) is 17.0. The van der Waals surface area contributed by atoms with Crippen LogP contribution in [-0.2, 0) is 11.2 Å². The van der Waals surface area contributed by atoms with E-state index >= 15 is 0 Å². The van der Waals surface area contributed by atoms with Gasteiger partial charge in [0.05, 0.1) is 0 Å². The Labute approximate surface area is 151 Å². The lowest BCUT2D eigenvalue weighted by molar-refractivity contribution is 0.0953. The van der Waals surface area contributed by atoms with Crippen LogP contribution in [0.4, 0.5) is 0 Å². The number of carbonyl (C=O) groups excluding carboxylic acids is 1. The molecule has 2 nitrogen and oxygen atoms in total. The van der Waals surface area contributed by atoms with Gasteiger partial charge in [0.15, 0.2) is 11.9 Å². The summed E-state index contributed by atoms with van der Waals surface area (Å²) in [6.45, 7) is 0. The van der Waals surface area contributed by atoms with Crippen molar-refractivity contribution in [2.45, 2.75) is 18.6 Å². The molecule has 0 unspecified atom stereocenters. The van der Waals surface area contributed by atoms with Gasteiger partial charge in [0.25, 0.3) is 0 Å². The Kier molecular flexibility index (Phi) is 3.30. The van der Waals surface area contributed by atoms with E-state index in [0.717, 1.165) is 17.5 Å². The maximum absolute atomic E-state index is 12.8. The van der Waals surface area contributed by atoms with Crippen LogP contribution in [0.15, 0.2) is 66.7 Å². The van der Waals surface area contributed by atoms with Crippen LogP contribution in [0.3, 0.4) is 0 Å². The third-order valence-corrected chi connectivity index (χ3v) is 5.28. The molecule has 3 aromatic rings. The van der Waals surface area contributed by atoms with E-state index in [4.69, 9.17) is 16.3 Å². The molecule has 3 aromatic carbocycles. The number of carbonyl (C=O) groups is 1. The lowest BCUT2D eigenvalue weighted by atomic mass is 9.98. The van der Waals surface area contributed by atoms with E-state index in [1.54, 1.807) is 0 Å². The molecule has 0 saturated carbocycles. The van der Waals surface area contributed by atoms with Crippen LogP contribution in [0.5, 0.6) is 0 Å². The van der Waals surface area contributed by atoms with Crippen molar-refractivity contribution >= 4 is 17.4 Å². The minimum atomic E-state index is -0.386. The molecule has 1 saturated heterocycles. The number of hydrogen-bond donors (Lipinski definition) is 0. The number of ether oxygens (including phenoxy) is 1. The van der Waals surface area contributed by atoms with Crippen molar-refractivity contribution in [1.29, 1.82) is 0 Å². The SMILES string of the molecule is O=C(c1ccc2c(c1)Cc1ccccc1-2)[C@@H]1O[C@@H]1c1ccc(Cl)cc1. The summed E-state index contributed by atoms with van der Waals surface area (Å²) in [6.07, 6.45) is 0.344. The quantitative estimate of drug-likeness (QED) is 0.375. The molecular formula is C22H15ClO2.